The van der Waals surface area contributed by atoms with Crippen LogP contribution in [0.15, 0.2) is 36.9 Å². The van der Waals surface area contributed by atoms with Crippen LogP contribution in [0.3, 0.4) is 0 Å². The zero-order valence-corrected chi connectivity index (χ0v) is 15.3. The van der Waals surface area contributed by atoms with Gasteiger partial charge in [0.05, 0.1) is 27.2 Å². The number of aromatic nitrogens is 2. The molecule has 0 bridgehead atoms. The molecule has 0 spiro atoms. The highest BCUT2D eigenvalue weighted by Crippen LogP contribution is 2.22. The van der Waals surface area contributed by atoms with E-state index in [0.717, 1.165) is 36.6 Å². The average molecular weight is 355 g/mol. The fourth-order valence-corrected chi connectivity index (χ4v) is 2.41. The van der Waals surface area contributed by atoms with Crippen LogP contribution in [0.4, 0.5) is 0 Å². The van der Waals surface area contributed by atoms with E-state index in [1.54, 1.807) is 14.2 Å². The summed E-state index contributed by atoms with van der Waals surface area (Å²) in [6, 6.07) is 5.82. The van der Waals surface area contributed by atoms with Crippen LogP contribution in [0.2, 0.25) is 0 Å². The third-order valence-electron chi connectivity index (χ3n) is 3.69. The monoisotopic (exact) mass is 354 g/mol. The Labute approximate surface area is 150 Å². The first-order valence-electron chi connectivity index (χ1n) is 8.07. The third-order valence-corrected chi connectivity index (χ3v) is 3.69. The van der Waals surface area contributed by atoms with Gasteiger partial charge in [-0.3, -0.25) is 0 Å². The number of ether oxygens (including phenoxy) is 3. The quantitative estimate of drug-likeness (QED) is 0.570. The van der Waals surface area contributed by atoms with Crippen molar-refractivity contribution in [2.75, 3.05) is 20.8 Å². The molecule has 2 aromatic rings. The normalized spacial score (nSPS) is 10.2. The molecule has 0 atom stereocenters. The van der Waals surface area contributed by atoms with Crippen LogP contribution >= 0.6 is 12.4 Å². The minimum Gasteiger partial charge on any atom is -0.497 e. The molecule has 0 aliphatic rings. The lowest BCUT2D eigenvalue weighted by molar-refractivity contribution is 0.116. The van der Waals surface area contributed by atoms with Crippen LogP contribution in [-0.2, 0) is 17.9 Å². The first-order valence-corrected chi connectivity index (χ1v) is 8.07. The van der Waals surface area contributed by atoms with Gasteiger partial charge in [-0.05, 0) is 30.5 Å². The molecule has 5 nitrogen and oxygen atoms in total. The largest absolute Gasteiger partial charge is 0.497 e. The summed E-state index contributed by atoms with van der Waals surface area (Å²) in [5.74, 6) is 1.59. The predicted octanol–water partition coefficient (Wildman–Crippen LogP) is 4.10. The van der Waals surface area contributed by atoms with Crippen molar-refractivity contribution in [1.29, 1.82) is 0 Å². The van der Waals surface area contributed by atoms with Gasteiger partial charge in [0.15, 0.2) is 0 Å². The number of aryl methyl sites for hydroxylation is 1. The Morgan fingerprint density at radius 1 is 0.958 bits per heavy atom. The maximum atomic E-state index is 5.74. The molecule has 0 saturated heterocycles. The van der Waals surface area contributed by atoms with Crippen molar-refractivity contribution in [3.8, 4) is 11.5 Å². The molecule has 0 aliphatic heterocycles. The van der Waals surface area contributed by atoms with E-state index in [1.807, 2.05) is 36.9 Å². The molecule has 0 unspecified atom stereocenters. The SMILES string of the molecule is COc1cc(COCCCCCCn2ccnc2)cc(OC)c1.Cl. The summed E-state index contributed by atoms with van der Waals surface area (Å²) in [5.41, 5.74) is 1.07. The molecule has 0 N–H and O–H groups in total. The van der Waals surface area contributed by atoms with E-state index in [9.17, 15) is 0 Å². The summed E-state index contributed by atoms with van der Waals surface area (Å²) in [4.78, 5) is 4.04. The molecule has 0 amide bonds. The zero-order chi connectivity index (χ0) is 16.3. The predicted molar refractivity (Wildman–Crippen MR) is 97.1 cm³/mol. The van der Waals surface area contributed by atoms with E-state index in [-0.39, 0.29) is 12.4 Å². The van der Waals surface area contributed by atoms with E-state index in [2.05, 4.69) is 9.55 Å². The standard InChI is InChI=1S/C18H26N2O3.ClH/c1-21-17-11-16(12-18(13-17)22-2)14-23-10-6-4-3-5-8-20-9-7-19-15-20;/h7,9,11-13,15H,3-6,8,10,14H2,1-2H3;1H. The van der Waals surface area contributed by atoms with Crippen molar-refractivity contribution in [3.63, 3.8) is 0 Å². The minimum absolute atomic E-state index is 0. The van der Waals surface area contributed by atoms with Gasteiger partial charge in [-0.2, -0.15) is 0 Å². The van der Waals surface area contributed by atoms with E-state index in [1.165, 1.54) is 19.3 Å². The molecule has 134 valence electrons. The Kier molecular flexibility index (Phi) is 9.96. The second kappa shape index (κ2) is 11.8. The fourth-order valence-electron chi connectivity index (χ4n) is 2.41. The van der Waals surface area contributed by atoms with Gasteiger partial charge >= 0.3 is 0 Å². The Bertz CT molecular complexity index is 539. The lowest BCUT2D eigenvalue weighted by Crippen LogP contribution is -1.98. The van der Waals surface area contributed by atoms with Crippen molar-refractivity contribution in [3.05, 3.63) is 42.5 Å². The number of halogens is 1. The van der Waals surface area contributed by atoms with Gasteiger partial charge in [-0.15, -0.1) is 12.4 Å². The molecule has 1 heterocycles. The third kappa shape index (κ3) is 7.23. The summed E-state index contributed by atoms with van der Waals surface area (Å²) in [6.45, 7) is 2.41. The van der Waals surface area contributed by atoms with Gasteiger partial charge < -0.3 is 18.8 Å². The maximum absolute atomic E-state index is 5.74. The van der Waals surface area contributed by atoms with Gasteiger partial charge in [0.25, 0.3) is 0 Å². The van der Waals surface area contributed by atoms with Crippen LogP contribution < -0.4 is 9.47 Å². The Balaban J connectivity index is 0.00000288. The van der Waals surface area contributed by atoms with Crippen LogP contribution in [-0.4, -0.2) is 30.4 Å². The van der Waals surface area contributed by atoms with Gasteiger partial charge in [-0.25, -0.2) is 4.98 Å². The Hall–Kier alpha value is -1.72. The molecule has 1 aromatic heterocycles. The lowest BCUT2D eigenvalue weighted by Gasteiger charge is -2.09. The van der Waals surface area contributed by atoms with Gasteiger partial charge in [-0.1, -0.05) is 12.8 Å². The first kappa shape index (κ1) is 20.3. The van der Waals surface area contributed by atoms with E-state index < -0.39 is 0 Å². The smallest absolute Gasteiger partial charge is 0.122 e. The molecule has 0 saturated carbocycles. The number of benzene rings is 1. The number of hydrogen-bond donors (Lipinski definition) is 0. The first-order chi connectivity index (χ1) is 11.3. The molecule has 1 aromatic carbocycles. The molecule has 0 radical (unpaired) electrons. The molecule has 24 heavy (non-hydrogen) atoms. The van der Waals surface area contributed by atoms with Crippen molar-refractivity contribution >= 4 is 12.4 Å². The van der Waals surface area contributed by atoms with E-state index in [4.69, 9.17) is 14.2 Å². The molecule has 0 aliphatic carbocycles. The Morgan fingerprint density at radius 3 is 2.29 bits per heavy atom. The topological polar surface area (TPSA) is 45.5 Å². The zero-order valence-electron chi connectivity index (χ0n) is 14.4. The van der Waals surface area contributed by atoms with Gasteiger partial charge in [0, 0.05) is 31.6 Å². The average Bonchev–Trinajstić information content (AvgIpc) is 3.10. The summed E-state index contributed by atoms with van der Waals surface area (Å²) < 4.78 is 18.4. The number of rotatable bonds is 11. The number of hydrogen-bond acceptors (Lipinski definition) is 4. The highest BCUT2D eigenvalue weighted by Gasteiger charge is 2.02. The van der Waals surface area contributed by atoms with Crippen LogP contribution in [0.1, 0.15) is 31.2 Å². The molecule has 0 fully saturated rings. The van der Waals surface area contributed by atoms with Crippen LogP contribution in [0.25, 0.3) is 0 Å². The summed E-state index contributed by atoms with van der Waals surface area (Å²) in [5, 5.41) is 0. The second-order valence-electron chi connectivity index (χ2n) is 5.49. The summed E-state index contributed by atoms with van der Waals surface area (Å²) in [7, 11) is 3.31. The molecule has 2 rings (SSSR count). The summed E-state index contributed by atoms with van der Waals surface area (Å²) >= 11 is 0. The molecule has 6 heteroatoms. The summed E-state index contributed by atoms with van der Waals surface area (Å²) in [6.07, 6.45) is 10.4. The van der Waals surface area contributed by atoms with Crippen molar-refractivity contribution < 1.29 is 14.2 Å². The highest BCUT2D eigenvalue weighted by molar-refractivity contribution is 5.85. The van der Waals surface area contributed by atoms with Crippen molar-refractivity contribution in [2.24, 2.45) is 0 Å². The van der Waals surface area contributed by atoms with Crippen LogP contribution in [0.5, 0.6) is 11.5 Å². The maximum Gasteiger partial charge on any atom is 0.122 e. The Morgan fingerprint density at radius 2 is 1.67 bits per heavy atom. The van der Waals surface area contributed by atoms with Gasteiger partial charge in [0.2, 0.25) is 0 Å². The van der Waals surface area contributed by atoms with E-state index in [0.29, 0.717) is 6.61 Å². The van der Waals surface area contributed by atoms with E-state index >= 15 is 0 Å². The van der Waals surface area contributed by atoms with Crippen molar-refractivity contribution in [1.82, 2.24) is 9.55 Å². The second-order valence-corrected chi connectivity index (χ2v) is 5.49. The van der Waals surface area contributed by atoms with Gasteiger partial charge in [0.1, 0.15) is 11.5 Å². The minimum atomic E-state index is 0. The number of unbranched alkanes of at least 4 members (excludes halogenated alkanes) is 3. The van der Waals surface area contributed by atoms with Crippen LogP contribution in [0, 0.1) is 0 Å². The number of imidazole rings is 1. The fraction of sp³-hybridized carbons (Fsp3) is 0.500. The highest BCUT2D eigenvalue weighted by atomic mass is 35.5. The molecular weight excluding hydrogens is 328 g/mol. The lowest BCUT2D eigenvalue weighted by atomic mass is 10.2. The van der Waals surface area contributed by atoms with Crippen molar-refractivity contribution in [2.45, 2.75) is 38.8 Å². The number of methoxy groups -OCH3 is 2. The number of nitrogens with zero attached hydrogens (tertiary/aromatic N) is 2. The molecular formula is C18H27ClN2O3.